The monoisotopic (exact) mass is 275 g/mol. The molecule has 2 nitrogen and oxygen atoms in total. The van der Waals surface area contributed by atoms with Gasteiger partial charge in [-0.3, -0.25) is 0 Å². The maximum atomic E-state index is 6.37. The first-order valence-electron chi connectivity index (χ1n) is 7.71. The van der Waals surface area contributed by atoms with E-state index < -0.39 is 0 Å². The maximum Gasteiger partial charge on any atom is 0.128 e. The summed E-state index contributed by atoms with van der Waals surface area (Å²) >= 11 is 0. The summed E-state index contributed by atoms with van der Waals surface area (Å²) in [6.07, 6.45) is 1.01. The van der Waals surface area contributed by atoms with Gasteiger partial charge < -0.3 is 10.1 Å². The van der Waals surface area contributed by atoms with Gasteiger partial charge in [-0.15, -0.1) is 0 Å². The van der Waals surface area contributed by atoms with Crippen molar-refractivity contribution in [1.82, 2.24) is 5.32 Å². The van der Waals surface area contributed by atoms with Crippen LogP contribution in [0.15, 0.2) is 12.1 Å². The van der Waals surface area contributed by atoms with E-state index >= 15 is 0 Å². The third kappa shape index (κ3) is 3.01. The molecule has 1 unspecified atom stereocenters. The van der Waals surface area contributed by atoms with Crippen molar-refractivity contribution in [2.45, 2.75) is 71.9 Å². The molecule has 0 amide bonds. The largest absolute Gasteiger partial charge is 0.487 e. The van der Waals surface area contributed by atoms with Crippen molar-refractivity contribution in [3.8, 4) is 5.75 Å². The van der Waals surface area contributed by atoms with Gasteiger partial charge >= 0.3 is 0 Å². The number of aryl methyl sites for hydroxylation is 1. The second kappa shape index (κ2) is 5.07. The molecule has 0 saturated heterocycles. The number of fused-ring (bicyclic) bond motifs is 1. The molecule has 1 atom stereocenters. The highest BCUT2D eigenvalue weighted by atomic mass is 16.5. The molecule has 0 aliphatic carbocycles. The van der Waals surface area contributed by atoms with E-state index in [-0.39, 0.29) is 11.0 Å². The fourth-order valence-electron chi connectivity index (χ4n) is 3.08. The van der Waals surface area contributed by atoms with E-state index in [1.807, 2.05) is 0 Å². The SMILES string of the molecule is CCNC1CC(C)(C)Oc2c1cc(C)cc2C(C)(C)C. The van der Waals surface area contributed by atoms with Gasteiger partial charge in [0, 0.05) is 23.6 Å². The van der Waals surface area contributed by atoms with Crippen molar-refractivity contribution in [1.29, 1.82) is 0 Å². The van der Waals surface area contributed by atoms with E-state index in [9.17, 15) is 0 Å². The normalized spacial score (nSPS) is 21.2. The standard InChI is InChI=1S/C18H29NO/c1-8-19-15-11-18(6,7)20-16-13(15)9-12(2)10-14(16)17(3,4)5/h9-10,15,19H,8,11H2,1-7H3. The number of nitrogens with one attached hydrogen (secondary N) is 1. The number of rotatable bonds is 2. The number of benzene rings is 1. The lowest BCUT2D eigenvalue weighted by atomic mass is 9.80. The van der Waals surface area contributed by atoms with Gasteiger partial charge in [0.05, 0.1) is 0 Å². The van der Waals surface area contributed by atoms with E-state index in [4.69, 9.17) is 4.74 Å². The second-order valence-electron chi connectivity index (χ2n) is 7.66. The molecule has 2 rings (SSSR count). The summed E-state index contributed by atoms with van der Waals surface area (Å²) in [5.41, 5.74) is 3.95. The highest BCUT2D eigenvalue weighted by Crippen LogP contribution is 2.45. The fraction of sp³-hybridized carbons (Fsp3) is 0.667. The van der Waals surface area contributed by atoms with Crippen molar-refractivity contribution < 1.29 is 4.74 Å². The van der Waals surface area contributed by atoms with Crippen LogP contribution in [-0.4, -0.2) is 12.1 Å². The van der Waals surface area contributed by atoms with Gasteiger partial charge in [-0.2, -0.15) is 0 Å². The van der Waals surface area contributed by atoms with E-state index in [0.717, 1.165) is 18.7 Å². The molecule has 1 aliphatic rings. The molecule has 20 heavy (non-hydrogen) atoms. The zero-order valence-corrected chi connectivity index (χ0v) is 14.1. The summed E-state index contributed by atoms with van der Waals surface area (Å²) in [5.74, 6) is 1.10. The van der Waals surface area contributed by atoms with Crippen LogP contribution in [0, 0.1) is 6.92 Å². The summed E-state index contributed by atoms with van der Waals surface area (Å²) in [6, 6.07) is 4.95. The molecule has 1 aliphatic heterocycles. The van der Waals surface area contributed by atoms with Gasteiger partial charge in [-0.1, -0.05) is 45.4 Å². The van der Waals surface area contributed by atoms with Gasteiger partial charge in [0.2, 0.25) is 0 Å². The predicted octanol–water partition coefficient (Wildman–Crippen LogP) is 4.50. The summed E-state index contributed by atoms with van der Waals surface area (Å²) < 4.78 is 6.37. The first-order valence-corrected chi connectivity index (χ1v) is 7.71. The zero-order valence-electron chi connectivity index (χ0n) is 14.1. The third-order valence-electron chi connectivity index (χ3n) is 3.97. The number of ether oxygens (including phenoxy) is 1. The molecule has 112 valence electrons. The lowest BCUT2D eigenvalue weighted by Gasteiger charge is -2.41. The summed E-state index contributed by atoms with van der Waals surface area (Å²) in [6.45, 7) is 16.5. The Morgan fingerprint density at radius 3 is 2.50 bits per heavy atom. The predicted molar refractivity (Wildman–Crippen MR) is 85.6 cm³/mol. The highest BCUT2D eigenvalue weighted by Gasteiger charge is 2.36. The Bertz CT molecular complexity index is 497. The third-order valence-corrected chi connectivity index (χ3v) is 3.97. The molecular weight excluding hydrogens is 246 g/mol. The first kappa shape index (κ1) is 15.4. The molecule has 0 bridgehead atoms. The fourth-order valence-corrected chi connectivity index (χ4v) is 3.08. The van der Waals surface area contributed by atoms with E-state index in [0.29, 0.717) is 6.04 Å². The molecule has 1 heterocycles. The summed E-state index contributed by atoms with van der Waals surface area (Å²) in [4.78, 5) is 0. The minimum absolute atomic E-state index is 0.0975. The van der Waals surface area contributed by atoms with Crippen LogP contribution in [0.5, 0.6) is 5.75 Å². The van der Waals surface area contributed by atoms with Crippen LogP contribution in [0.25, 0.3) is 0 Å². The van der Waals surface area contributed by atoms with E-state index in [1.165, 1.54) is 16.7 Å². The van der Waals surface area contributed by atoms with E-state index in [1.54, 1.807) is 0 Å². The topological polar surface area (TPSA) is 21.3 Å². The van der Waals surface area contributed by atoms with Gasteiger partial charge in [-0.05, 0) is 32.7 Å². The number of hydrogen-bond donors (Lipinski definition) is 1. The lowest BCUT2D eigenvalue weighted by Crippen LogP contribution is -2.40. The Morgan fingerprint density at radius 2 is 1.95 bits per heavy atom. The molecule has 1 aromatic carbocycles. The minimum atomic E-state index is -0.116. The Labute approximate surface area is 123 Å². The Balaban J connectivity index is 2.61. The molecule has 1 aromatic rings. The van der Waals surface area contributed by atoms with Crippen LogP contribution >= 0.6 is 0 Å². The Hall–Kier alpha value is -1.02. The van der Waals surface area contributed by atoms with Crippen molar-refractivity contribution in [3.63, 3.8) is 0 Å². The van der Waals surface area contributed by atoms with Crippen LogP contribution in [0.1, 0.15) is 70.7 Å². The van der Waals surface area contributed by atoms with Crippen molar-refractivity contribution in [2.75, 3.05) is 6.54 Å². The molecular formula is C18H29NO. The van der Waals surface area contributed by atoms with Crippen LogP contribution in [-0.2, 0) is 5.41 Å². The lowest BCUT2D eigenvalue weighted by molar-refractivity contribution is 0.0639. The smallest absolute Gasteiger partial charge is 0.128 e. The van der Waals surface area contributed by atoms with Gasteiger partial charge in [0.1, 0.15) is 11.4 Å². The molecule has 2 heteroatoms. The average molecular weight is 275 g/mol. The molecule has 0 radical (unpaired) electrons. The van der Waals surface area contributed by atoms with Crippen molar-refractivity contribution in [3.05, 3.63) is 28.8 Å². The maximum absolute atomic E-state index is 6.37. The molecule has 0 aromatic heterocycles. The van der Waals surface area contributed by atoms with Crippen molar-refractivity contribution in [2.24, 2.45) is 0 Å². The van der Waals surface area contributed by atoms with Gasteiger partial charge in [-0.25, -0.2) is 0 Å². The highest BCUT2D eigenvalue weighted by molar-refractivity contribution is 5.50. The minimum Gasteiger partial charge on any atom is -0.487 e. The Morgan fingerprint density at radius 1 is 1.30 bits per heavy atom. The first-order chi connectivity index (χ1) is 9.14. The van der Waals surface area contributed by atoms with Crippen LogP contribution < -0.4 is 10.1 Å². The number of hydrogen-bond acceptors (Lipinski definition) is 2. The van der Waals surface area contributed by atoms with Crippen molar-refractivity contribution >= 4 is 0 Å². The summed E-state index contributed by atoms with van der Waals surface area (Å²) in [7, 11) is 0. The van der Waals surface area contributed by atoms with Gasteiger partial charge in [0.15, 0.2) is 0 Å². The van der Waals surface area contributed by atoms with Gasteiger partial charge in [0.25, 0.3) is 0 Å². The van der Waals surface area contributed by atoms with Crippen LogP contribution in [0.4, 0.5) is 0 Å². The Kier molecular flexibility index (Phi) is 3.90. The molecule has 0 saturated carbocycles. The second-order valence-corrected chi connectivity index (χ2v) is 7.66. The zero-order chi connectivity index (χ0) is 15.1. The van der Waals surface area contributed by atoms with E-state index in [2.05, 4.69) is 65.9 Å². The molecule has 1 N–H and O–H groups in total. The molecule has 0 fully saturated rings. The van der Waals surface area contributed by atoms with Crippen LogP contribution in [0.2, 0.25) is 0 Å². The average Bonchev–Trinajstić information content (AvgIpc) is 2.27. The quantitative estimate of drug-likeness (QED) is 0.857. The van der Waals surface area contributed by atoms with Crippen LogP contribution in [0.3, 0.4) is 0 Å². The summed E-state index contributed by atoms with van der Waals surface area (Å²) in [5, 5.41) is 3.62. The molecule has 0 spiro atoms.